The second-order valence-corrected chi connectivity index (χ2v) is 6.99. The third-order valence-corrected chi connectivity index (χ3v) is 5.52. The van der Waals surface area contributed by atoms with Gasteiger partial charge in [-0.05, 0) is 43.4 Å². The monoisotopic (exact) mass is 295 g/mol. The van der Waals surface area contributed by atoms with E-state index in [0.717, 1.165) is 29.0 Å². The van der Waals surface area contributed by atoms with E-state index >= 15 is 0 Å². The van der Waals surface area contributed by atoms with Crippen molar-refractivity contribution in [2.45, 2.75) is 50.5 Å². The van der Waals surface area contributed by atoms with E-state index in [1.54, 1.807) is 23.9 Å². The fraction of sp³-hybridized carbons (Fsp3) is 0.647. The number of hydrogen-bond acceptors (Lipinski definition) is 2. The van der Waals surface area contributed by atoms with E-state index in [1.165, 1.54) is 25.7 Å². The molecule has 1 aromatic carbocycles. The lowest BCUT2D eigenvalue weighted by Gasteiger charge is -2.33. The quantitative estimate of drug-likeness (QED) is 0.762. The molecule has 1 aliphatic carbocycles. The van der Waals surface area contributed by atoms with Crippen LogP contribution in [0.25, 0.3) is 0 Å². The molecule has 0 heterocycles. The minimum Gasteiger partial charge on any atom is -0.313 e. The van der Waals surface area contributed by atoms with Crippen LogP contribution in [0.3, 0.4) is 0 Å². The topological polar surface area (TPSA) is 12.0 Å². The van der Waals surface area contributed by atoms with Crippen molar-refractivity contribution in [1.82, 2.24) is 5.32 Å². The molecule has 0 aromatic heterocycles. The molecule has 1 unspecified atom stereocenters. The minimum absolute atomic E-state index is 0.0926. The van der Waals surface area contributed by atoms with Gasteiger partial charge in [0.05, 0.1) is 0 Å². The van der Waals surface area contributed by atoms with Crippen LogP contribution in [-0.4, -0.2) is 18.3 Å². The molecule has 0 saturated heterocycles. The summed E-state index contributed by atoms with van der Waals surface area (Å²) in [6, 6.07) is 7.61. The van der Waals surface area contributed by atoms with Crippen LogP contribution in [0.4, 0.5) is 4.39 Å². The van der Waals surface area contributed by atoms with Gasteiger partial charge in [-0.2, -0.15) is 0 Å². The molecule has 0 bridgehead atoms. The Hall–Kier alpha value is -0.540. The molecule has 1 saturated carbocycles. The molecule has 0 spiro atoms. The molecular weight excluding hydrogens is 269 g/mol. The van der Waals surface area contributed by atoms with E-state index in [4.69, 9.17) is 0 Å². The van der Waals surface area contributed by atoms with Crippen molar-refractivity contribution in [2.75, 3.05) is 12.3 Å². The normalized spacial score (nSPS) is 24.6. The summed E-state index contributed by atoms with van der Waals surface area (Å²) in [5.41, 5.74) is 0. The Labute approximate surface area is 126 Å². The van der Waals surface area contributed by atoms with Crippen LogP contribution in [0.2, 0.25) is 0 Å². The van der Waals surface area contributed by atoms with Gasteiger partial charge in [-0.3, -0.25) is 0 Å². The molecular formula is C17H26FNS. The lowest BCUT2D eigenvalue weighted by Crippen LogP contribution is -2.39. The maximum absolute atomic E-state index is 13.7. The first kappa shape index (κ1) is 15.8. The summed E-state index contributed by atoms with van der Waals surface area (Å²) >= 11 is 1.65. The highest BCUT2D eigenvalue weighted by Crippen LogP contribution is 2.33. The summed E-state index contributed by atoms with van der Waals surface area (Å²) in [6.45, 7) is 5.51. The van der Waals surface area contributed by atoms with Crippen LogP contribution < -0.4 is 5.32 Å². The molecule has 1 nitrogen and oxygen atoms in total. The molecule has 1 fully saturated rings. The molecule has 1 aromatic rings. The van der Waals surface area contributed by atoms with Crippen LogP contribution in [0.1, 0.15) is 39.5 Å². The minimum atomic E-state index is -0.0926. The van der Waals surface area contributed by atoms with Crippen molar-refractivity contribution >= 4 is 11.8 Å². The van der Waals surface area contributed by atoms with Crippen molar-refractivity contribution < 1.29 is 4.39 Å². The van der Waals surface area contributed by atoms with Crippen LogP contribution in [0, 0.1) is 17.7 Å². The molecule has 112 valence electrons. The Balaban J connectivity index is 1.90. The summed E-state index contributed by atoms with van der Waals surface area (Å²) in [6.07, 6.45) is 5.32. The van der Waals surface area contributed by atoms with Gasteiger partial charge in [0.15, 0.2) is 0 Å². The molecule has 0 aliphatic heterocycles. The standard InChI is InChI=1S/C17H26FNS/c1-3-19-16(14-10-8-13(2)9-11-14)12-20-17-7-5-4-6-15(17)18/h4-7,13-14,16,19H,3,8-12H2,1-2H3. The zero-order chi connectivity index (χ0) is 14.4. The summed E-state index contributed by atoms with van der Waals surface area (Å²) in [7, 11) is 0. The highest BCUT2D eigenvalue weighted by molar-refractivity contribution is 7.99. The van der Waals surface area contributed by atoms with E-state index < -0.39 is 0 Å². The maximum atomic E-state index is 13.7. The fourth-order valence-corrected chi connectivity index (χ4v) is 4.18. The summed E-state index contributed by atoms with van der Waals surface area (Å²) in [4.78, 5) is 0.777. The third-order valence-electron chi connectivity index (χ3n) is 4.35. The highest BCUT2D eigenvalue weighted by atomic mass is 32.2. The molecule has 1 aliphatic rings. The van der Waals surface area contributed by atoms with Crippen molar-refractivity contribution in [3.05, 3.63) is 30.1 Å². The predicted molar refractivity (Wildman–Crippen MR) is 85.7 cm³/mol. The first-order valence-electron chi connectivity index (χ1n) is 7.81. The average molecular weight is 295 g/mol. The molecule has 0 amide bonds. The first-order chi connectivity index (χ1) is 9.70. The van der Waals surface area contributed by atoms with Gasteiger partial charge in [0, 0.05) is 16.7 Å². The predicted octanol–water partition coefficient (Wildman–Crippen LogP) is 4.72. The number of rotatable bonds is 6. The van der Waals surface area contributed by atoms with Gasteiger partial charge in [0.25, 0.3) is 0 Å². The number of hydrogen-bond donors (Lipinski definition) is 1. The van der Waals surface area contributed by atoms with E-state index in [-0.39, 0.29) is 5.82 Å². The van der Waals surface area contributed by atoms with Gasteiger partial charge < -0.3 is 5.32 Å². The second kappa shape index (κ2) is 8.04. The molecule has 3 heteroatoms. The van der Waals surface area contributed by atoms with Gasteiger partial charge >= 0.3 is 0 Å². The van der Waals surface area contributed by atoms with Crippen LogP contribution in [0.5, 0.6) is 0 Å². The SMILES string of the molecule is CCNC(CSc1ccccc1F)C1CCC(C)CC1. The van der Waals surface area contributed by atoms with Crippen molar-refractivity contribution in [3.8, 4) is 0 Å². The molecule has 0 radical (unpaired) electrons. The summed E-state index contributed by atoms with van der Waals surface area (Å²) in [5.74, 6) is 2.51. The van der Waals surface area contributed by atoms with Gasteiger partial charge in [0.1, 0.15) is 5.82 Å². The Morgan fingerprint density at radius 2 is 1.95 bits per heavy atom. The van der Waals surface area contributed by atoms with Gasteiger partial charge in [-0.25, -0.2) is 4.39 Å². The zero-order valence-corrected chi connectivity index (χ0v) is 13.4. The van der Waals surface area contributed by atoms with Gasteiger partial charge in [-0.15, -0.1) is 11.8 Å². The number of halogens is 1. The Kier molecular flexibility index (Phi) is 6.37. The first-order valence-corrected chi connectivity index (χ1v) is 8.80. The Morgan fingerprint density at radius 1 is 1.25 bits per heavy atom. The average Bonchev–Trinajstić information content (AvgIpc) is 2.46. The van der Waals surface area contributed by atoms with Crippen molar-refractivity contribution in [2.24, 2.45) is 11.8 Å². The second-order valence-electron chi connectivity index (χ2n) is 5.93. The summed E-state index contributed by atoms with van der Waals surface area (Å²) < 4.78 is 13.7. The van der Waals surface area contributed by atoms with Gasteiger partial charge in [-0.1, -0.05) is 38.8 Å². The van der Waals surface area contributed by atoms with Crippen LogP contribution in [0.15, 0.2) is 29.2 Å². The maximum Gasteiger partial charge on any atom is 0.136 e. The Morgan fingerprint density at radius 3 is 2.60 bits per heavy atom. The van der Waals surface area contributed by atoms with Crippen LogP contribution >= 0.6 is 11.8 Å². The Bertz CT molecular complexity index is 402. The van der Waals surface area contributed by atoms with Crippen molar-refractivity contribution in [3.63, 3.8) is 0 Å². The lowest BCUT2D eigenvalue weighted by atomic mass is 9.79. The molecule has 1 N–H and O–H groups in total. The van der Waals surface area contributed by atoms with Crippen molar-refractivity contribution in [1.29, 1.82) is 0 Å². The van der Waals surface area contributed by atoms with Crippen LogP contribution in [-0.2, 0) is 0 Å². The molecule has 2 rings (SSSR count). The zero-order valence-electron chi connectivity index (χ0n) is 12.6. The van der Waals surface area contributed by atoms with E-state index in [0.29, 0.717) is 6.04 Å². The third kappa shape index (κ3) is 4.49. The highest BCUT2D eigenvalue weighted by Gasteiger charge is 2.25. The fourth-order valence-electron chi connectivity index (χ4n) is 3.05. The lowest BCUT2D eigenvalue weighted by molar-refractivity contribution is 0.243. The number of benzene rings is 1. The largest absolute Gasteiger partial charge is 0.313 e. The van der Waals surface area contributed by atoms with E-state index in [2.05, 4.69) is 19.2 Å². The van der Waals surface area contributed by atoms with Gasteiger partial charge in [0.2, 0.25) is 0 Å². The molecule has 20 heavy (non-hydrogen) atoms. The van der Waals surface area contributed by atoms with E-state index in [9.17, 15) is 4.39 Å². The number of nitrogens with one attached hydrogen (secondary N) is 1. The van der Waals surface area contributed by atoms with E-state index in [1.807, 2.05) is 12.1 Å². The number of thioether (sulfide) groups is 1. The summed E-state index contributed by atoms with van der Waals surface area (Å²) in [5, 5.41) is 3.61. The molecule has 1 atom stereocenters. The smallest absolute Gasteiger partial charge is 0.136 e.